The van der Waals surface area contributed by atoms with Crippen molar-refractivity contribution in [3.63, 3.8) is 0 Å². The Kier molecular flexibility index (Phi) is 5.13. The number of nitrogens with zero attached hydrogens (tertiary/aromatic N) is 2. The standard InChI is InChI=1S/C16H27N3O/c1-5-18-15(14-10-13(2)11-17-12-14)16(3,4)19-6-8-20-9-7-19/h10-12,15,18H,5-9H2,1-4H3. The van der Waals surface area contributed by atoms with Crippen LogP contribution < -0.4 is 5.32 Å². The molecule has 1 fully saturated rings. The van der Waals surface area contributed by atoms with E-state index in [0.717, 1.165) is 32.8 Å². The van der Waals surface area contributed by atoms with Gasteiger partial charge in [0.2, 0.25) is 0 Å². The molecule has 0 aliphatic carbocycles. The second-order valence-corrected chi connectivity index (χ2v) is 6.04. The summed E-state index contributed by atoms with van der Waals surface area (Å²) < 4.78 is 5.48. The number of hydrogen-bond donors (Lipinski definition) is 1. The quantitative estimate of drug-likeness (QED) is 0.895. The Labute approximate surface area is 122 Å². The molecule has 4 nitrogen and oxygen atoms in total. The molecule has 0 radical (unpaired) electrons. The van der Waals surface area contributed by atoms with Crippen LogP contribution in [0.4, 0.5) is 0 Å². The van der Waals surface area contributed by atoms with Gasteiger partial charge in [-0.25, -0.2) is 0 Å². The maximum atomic E-state index is 5.48. The highest BCUT2D eigenvalue weighted by Gasteiger charge is 2.36. The van der Waals surface area contributed by atoms with Crippen molar-refractivity contribution in [1.29, 1.82) is 0 Å². The smallest absolute Gasteiger partial charge is 0.0594 e. The van der Waals surface area contributed by atoms with Crippen LogP contribution in [0.3, 0.4) is 0 Å². The fourth-order valence-corrected chi connectivity index (χ4v) is 3.04. The van der Waals surface area contributed by atoms with Crippen molar-refractivity contribution in [1.82, 2.24) is 15.2 Å². The third kappa shape index (κ3) is 3.37. The monoisotopic (exact) mass is 277 g/mol. The van der Waals surface area contributed by atoms with Crippen molar-refractivity contribution in [2.24, 2.45) is 0 Å². The SMILES string of the molecule is CCNC(c1cncc(C)c1)C(C)(C)N1CCOCC1. The van der Waals surface area contributed by atoms with Crippen molar-refractivity contribution >= 4 is 0 Å². The molecule has 1 unspecified atom stereocenters. The van der Waals surface area contributed by atoms with E-state index in [1.165, 1.54) is 11.1 Å². The van der Waals surface area contributed by atoms with Crippen molar-refractivity contribution in [2.75, 3.05) is 32.8 Å². The molecule has 1 aliphatic heterocycles. The minimum Gasteiger partial charge on any atom is -0.379 e. The number of aromatic nitrogens is 1. The molecule has 20 heavy (non-hydrogen) atoms. The second-order valence-electron chi connectivity index (χ2n) is 6.04. The highest BCUT2D eigenvalue weighted by atomic mass is 16.5. The van der Waals surface area contributed by atoms with Crippen molar-refractivity contribution < 1.29 is 4.74 Å². The number of rotatable bonds is 5. The molecular formula is C16H27N3O. The molecule has 0 amide bonds. The lowest BCUT2D eigenvalue weighted by Gasteiger charge is -2.46. The van der Waals surface area contributed by atoms with Gasteiger partial charge >= 0.3 is 0 Å². The van der Waals surface area contributed by atoms with Crippen LogP contribution in [0.1, 0.15) is 37.9 Å². The normalized spacial score (nSPS) is 19.0. The zero-order valence-corrected chi connectivity index (χ0v) is 13.1. The Hall–Kier alpha value is -0.970. The van der Waals surface area contributed by atoms with Gasteiger partial charge in [0.15, 0.2) is 0 Å². The molecule has 2 rings (SSSR count). The topological polar surface area (TPSA) is 37.4 Å². The number of hydrogen-bond acceptors (Lipinski definition) is 4. The number of likely N-dealkylation sites (N-methyl/N-ethyl adjacent to an activating group) is 1. The van der Waals surface area contributed by atoms with Crippen molar-refractivity contribution in [3.05, 3.63) is 29.6 Å². The molecule has 1 aromatic rings. The van der Waals surface area contributed by atoms with Gasteiger partial charge in [-0.05, 0) is 38.4 Å². The summed E-state index contributed by atoms with van der Waals surface area (Å²) in [7, 11) is 0. The number of pyridine rings is 1. The molecule has 112 valence electrons. The predicted octanol–water partition coefficient (Wildman–Crippen LogP) is 2.15. The van der Waals surface area contributed by atoms with Crippen LogP contribution in [-0.2, 0) is 4.74 Å². The minimum absolute atomic E-state index is 0.0370. The van der Waals surface area contributed by atoms with Crippen LogP contribution >= 0.6 is 0 Å². The summed E-state index contributed by atoms with van der Waals surface area (Å²) in [6, 6.07) is 2.51. The molecule has 1 aromatic heterocycles. The maximum Gasteiger partial charge on any atom is 0.0594 e. The third-order valence-corrected chi connectivity index (χ3v) is 4.17. The zero-order chi connectivity index (χ0) is 14.6. The summed E-state index contributed by atoms with van der Waals surface area (Å²) in [5.74, 6) is 0. The van der Waals surface area contributed by atoms with E-state index in [-0.39, 0.29) is 11.6 Å². The van der Waals surface area contributed by atoms with Crippen LogP contribution in [0.15, 0.2) is 18.5 Å². The van der Waals surface area contributed by atoms with Crippen LogP contribution in [0.25, 0.3) is 0 Å². The van der Waals surface area contributed by atoms with E-state index in [1.54, 1.807) is 0 Å². The van der Waals surface area contributed by atoms with Gasteiger partial charge in [0.1, 0.15) is 0 Å². The molecule has 4 heteroatoms. The van der Waals surface area contributed by atoms with E-state index >= 15 is 0 Å². The number of aryl methyl sites for hydroxylation is 1. The summed E-state index contributed by atoms with van der Waals surface area (Å²) in [6.45, 7) is 13.5. The summed E-state index contributed by atoms with van der Waals surface area (Å²) in [6.07, 6.45) is 3.90. The van der Waals surface area contributed by atoms with Crippen LogP contribution in [0.5, 0.6) is 0 Å². The Bertz CT molecular complexity index is 427. The number of morpholine rings is 1. The molecule has 0 spiro atoms. The number of ether oxygens (including phenoxy) is 1. The largest absolute Gasteiger partial charge is 0.379 e. The van der Waals surface area contributed by atoms with Gasteiger partial charge in [-0.3, -0.25) is 9.88 Å². The molecule has 0 aromatic carbocycles. The first-order valence-electron chi connectivity index (χ1n) is 7.53. The van der Waals surface area contributed by atoms with E-state index in [0.29, 0.717) is 0 Å². The Morgan fingerprint density at radius 3 is 2.65 bits per heavy atom. The highest BCUT2D eigenvalue weighted by Crippen LogP contribution is 2.31. The highest BCUT2D eigenvalue weighted by molar-refractivity contribution is 5.23. The summed E-state index contributed by atoms with van der Waals surface area (Å²) in [5, 5.41) is 3.64. The Balaban J connectivity index is 2.26. The van der Waals surface area contributed by atoms with E-state index in [4.69, 9.17) is 4.74 Å². The lowest BCUT2D eigenvalue weighted by molar-refractivity contribution is -0.0236. The van der Waals surface area contributed by atoms with Gasteiger partial charge in [0, 0.05) is 31.0 Å². The van der Waals surface area contributed by atoms with Gasteiger partial charge in [-0.2, -0.15) is 0 Å². The molecule has 1 atom stereocenters. The molecule has 1 aliphatic rings. The van der Waals surface area contributed by atoms with Crippen molar-refractivity contribution in [3.8, 4) is 0 Å². The fourth-order valence-electron chi connectivity index (χ4n) is 3.04. The second kappa shape index (κ2) is 6.66. The Morgan fingerprint density at radius 2 is 2.05 bits per heavy atom. The molecule has 0 bridgehead atoms. The summed E-state index contributed by atoms with van der Waals surface area (Å²) >= 11 is 0. The molecular weight excluding hydrogens is 250 g/mol. The zero-order valence-electron chi connectivity index (χ0n) is 13.1. The van der Waals surface area contributed by atoms with Gasteiger partial charge in [-0.1, -0.05) is 13.0 Å². The van der Waals surface area contributed by atoms with Crippen LogP contribution in [0, 0.1) is 6.92 Å². The molecule has 1 saturated heterocycles. The van der Waals surface area contributed by atoms with E-state index in [9.17, 15) is 0 Å². The first kappa shape index (κ1) is 15.4. The predicted molar refractivity (Wildman–Crippen MR) is 81.9 cm³/mol. The molecule has 0 saturated carbocycles. The van der Waals surface area contributed by atoms with Crippen LogP contribution in [0.2, 0.25) is 0 Å². The summed E-state index contributed by atoms with van der Waals surface area (Å²) in [4.78, 5) is 6.88. The first-order chi connectivity index (χ1) is 9.55. The maximum absolute atomic E-state index is 5.48. The average molecular weight is 277 g/mol. The summed E-state index contributed by atoms with van der Waals surface area (Å²) in [5.41, 5.74) is 2.52. The van der Waals surface area contributed by atoms with E-state index in [1.807, 2.05) is 12.4 Å². The third-order valence-electron chi connectivity index (χ3n) is 4.17. The van der Waals surface area contributed by atoms with Gasteiger partial charge in [0.05, 0.1) is 19.3 Å². The van der Waals surface area contributed by atoms with Gasteiger partial charge in [-0.15, -0.1) is 0 Å². The van der Waals surface area contributed by atoms with Crippen molar-refractivity contribution in [2.45, 2.75) is 39.3 Å². The average Bonchev–Trinajstić information content (AvgIpc) is 2.45. The van der Waals surface area contributed by atoms with Gasteiger partial charge < -0.3 is 10.1 Å². The van der Waals surface area contributed by atoms with Gasteiger partial charge in [0.25, 0.3) is 0 Å². The first-order valence-corrected chi connectivity index (χ1v) is 7.53. The lowest BCUT2D eigenvalue weighted by atomic mass is 9.86. The minimum atomic E-state index is 0.0370. The number of nitrogens with one attached hydrogen (secondary N) is 1. The molecule has 2 heterocycles. The van der Waals surface area contributed by atoms with E-state index < -0.39 is 0 Å². The fraction of sp³-hybridized carbons (Fsp3) is 0.688. The Morgan fingerprint density at radius 1 is 1.35 bits per heavy atom. The lowest BCUT2D eigenvalue weighted by Crippen LogP contribution is -2.56. The molecule has 1 N–H and O–H groups in total. The van der Waals surface area contributed by atoms with Crippen LogP contribution in [-0.4, -0.2) is 48.3 Å². The van der Waals surface area contributed by atoms with E-state index in [2.05, 4.69) is 49.0 Å².